The van der Waals surface area contributed by atoms with E-state index in [1.165, 1.54) is 12.1 Å². The predicted molar refractivity (Wildman–Crippen MR) is 94.8 cm³/mol. The smallest absolute Gasteiger partial charge is 0.270 e. The molecule has 0 aliphatic carbocycles. The van der Waals surface area contributed by atoms with Gasteiger partial charge in [-0.25, -0.2) is 0 Å². The van der Waals surface area contributed by atoms with Crippen molar-refractivity contribution in [2.45, 2.75) is 13.8 Å². The molecule has 2 rings (SSSR count). The molecule has 0 spiro atoms. The fraction of sp³-hybridized carbons (Fsp3) is 0.235. The fourth-order valence-electron chi connectivity index (χ4n) is 2.14. The molecule has 0 saturated carbocycles. The van der Waals surface area contributed by atoms with Crippen LogP contribution >= 0.6 is 11.6 Å². The van der Waals surface area contributed by atoms with E-state index in [0.717, 1.165) is 6.07 Å². The summed E-state index contributed by atoms with van der Waals surface area (Å²) in [6, 6.07) is 8.75. The number of nitrogens with zero attached hydrogens (tertiary/aromatic N) is 1. The van der Waals surface area contributed by atoms with Crippen LogP contribution in [0.25, 0.3) is 0 Å². The molecule has 7 nitrogen and oxygen atoms in total. The highest BCUT2D eigenvalue weighted by Gasteiger charge is 2.17. The van der Waals surface area contributed by atoms with Gasteiger partial charge in [0, 0.05) is 18.2 Å². The van der Waals surface area contributed by atoms with Crippen molar-refractivity contribution in [3.63, 3.8) is 0 Å². The molecule has 0 fully saturated rings. The van der Waals surface area contributed by atoms with Crippen molar-refractivity contribution in [2.24, 2.45) is 0 Å². The lowest BCUT2D eigenvalue weighted by Crippen LogP contribution is -2.14. The normalized spacial score (nSPS) is 10.2. The van der Waals surface area contributed by atoms with Crippen molar-refractivity contribution in [1.82, 2.24) is 0 Å². The van der Waals surface area contributed by atoms with E-state index in [0.29, 0.717) is 30.4 Å². The number of nitro benzene ring substituents is 1. The van der Waals surface area contributed by atoms with E-state index in [-0.39, 0.29) is 16.3 Å². The number of ether oxygens (including phenoxy) is 2. The van der Waals surface area contributed by atoms with Gasteiger partial charge in [0.2, 0.25) is 0 Å². The maximum atomic E-state index is 12.5. The van der Waals surface area contributed by atoms with Gasteiger partial charge in [0.25, 0.3) is 11.6 Å². The van der Waals surface area contributed by atoms with E-state index < -0.39 is 10.8 Å². The van der Waals surface area contributed by atoms with E-state index in [1.807, 2.05) is 13.8 Å². The maximum absolute atomic E-state index is 12.5. The van der Waals surface area contributed by atoms with Crippen LogP contribution in [0.1, 0.15) is 24.2 Å². The number of carbonyl (C=O) groups is 1. The van der Waals surface area contributed by atoms with Crippen LogP contribution in [-0.2, 0) is 0 Å². The molecule has 1 N–H and O–H groups in total. The van der Waals surface area contributed by atoms with Crippen molar-refractivity contribution >= 4 is 28.9 Å². The van der Waals surface area contributed by atoms with Gasteiger partial charge in [-0.05, 0) is 32.0 Å². The van der Waals surface area contributed by atoms with Crippen LogP contribution in [0, 0.1) is 10.1 Å². The Balaban J connectivity index is 2.30. The van der Waals surface area contributed by atoms with Crippen LogP contribution < -0.4 is 14.8 Å². The Kier molecular flexibility index (Phi) is 6.19. The highest BCUT2D eigenvalue weighted by molar-refractivity contribution is 6.34. The zero-order chi connectivity index (χ0) is 18.4. The minimum atomic E-state index is -0.577. The first kappa shape index (κ1) is 18.5. The van der Waals surface area contributed by atoms with Crippen LogP contribution in [-0.4, -0.2) is 24.0 Å². The van der Waals surface area contributed by atoms with Crippen LogP contribution in [0.2, 0.25) is 5.02 Å². The van der Waals surface area contributed by atoms with Gasteiger partial charge in [0.15, 0.2) is 0 Å². The maximum Gasteiger partial charge on any atom is 0.270 e. The molecule has 0 unspecified atom stereocenters. The number of nitro groups is 1. The SMILES string of the molecule is CCOc1ccc(OCC)c(NC(=O)c2ccc([N+](=O)[O-])cc2Cl)c1. The van der Waals surface area contributed by atoms with Gasteiger partial charge in [-0.2, -0.15) is 0 Å². The molecular weight excluding hydrogens is 348 g/mol. The number of hydrogen-bond acceptors (Lipinski definition) is 5. The summed E-state index contributed by atoms with van der Waals surface area (Å²) in [6.45, 7) is 4.59. The second kappa shape index (κ2) is 8.34. The van der Waals surface area contributed by atoms with E-state index in [4.69, 9.17) is 21.1 Å². The highest BCUT2D eigenvalue weighted by Crippen LogP contribution is 2.31. The minimum absolute atomic E-state index is 0.00868. The summed E-state index contributed by atoms with van der Waals surface area (Å²) in [7, 11) is 0. The highest BCUT2D eigenvalue weighted by atomic mass is 35.5. The Hall–Kier alpha value is -2.80. The number of benzene rings is 2. The summed E-state index contributed by atoms with van der Waals surface area (Å²) in [6.07, 6.45) is 0. The molecule has 1 amide bonds. The summed E-state index contributed by atoms with van der Waals surface area (Å²) in [5.41, 5.74) is 0.360. The lowest BCUT2D eigenvalue weighted by atomic mass is 10.2. The number of carbonyl (C=O) groups excluding carboxylic acids is 1. The molecule has 25 heavy (non-hydrogen) atoms. The molecule has 0 saturated heterocycles. The summed E-state index contributed by atoms with van der Waals surface area (Å²) in [4.78, 5) is 22.7. The van der Waals surface area contributed by atoms with Gasteiger partial charge in [0.05, 0.1) is 34.4 Å². The standard InChI is InChI=1S/C17H17ClN2O5/c1-3-24-12-6-8-16(25-4-2)15(10-12)19-17(21)13-7-5-11(20(22)23)9-14(13)18/h5-10H,3-4H2,1-2H3,(H,19,21). The van der Waals surface area contributed by atoms with Crippen molar-refractivity contribution in [3.8, 4) is 11.5 Å². The number of amides is 1. The lowest BCUT2D eigenvalue weighted by Gasteiger charge is -2.14. The Morgan fingerprint density at radius 2 is 1.88 bits per heavy atom. The molecule has 0 heterocycles. The average molecular weight is 365 g/mol. The third-order valence-electron chi connectivity index (χ3n) is 3.22. The van der Waals surface area contributed by atoms with Gasteiger partial charge < -0.3 is 14.8 Å². The first-order valence-corrected chi connectivity index (χ1v) is 7.99. The number of non-ortho nitro benzene ring substituents is 1. The Labute approximate surface area is 149 Å². The molecule has 0 bridgehead atoms. The van der Waals surface area contributed by atoms with Crippen molar-refractivity contribution in [3.05, 3.63) is 57.1 Å². The number of rotatable bonds is 7. The topological polar surface area (TPSA) is 90.7 Å². The van der Waals surface area contributed by atoms with Crippen LogP contribution in [0.5, 0.6) is 11.5 Å². The van der Waals surface area contributed by atoms with Crippen LogP contribution in [0.3, 0.4) is 0 Å². The molecule has 0 aliphatic rings. The van der Waals surface area contributed by atoms with Crippen molar-refractivity contribution < 1.29 is 19.2 Å². The van der Waals surface area contributed by atoms with E-state index in [1.54, 1.807) is 18.2 Å². The summed E-state index contributed by atoms with van der Waals surface area (Å²) < 4.78 is 10.9. The van der Waals surface area contributed by atoms with Gasteiger partial charge in [-0.15, -0.1) is 0 Å². The van der Waals surface area contributed by atoms with Crippen LogP contribution in [0.15, 0.2) is 36.4 Å². The predicted octanol–water partition coefficient (Wildman–Crippen LogP) is 4.30. The van der Waals surface area contributed by atoms with E-state index in [2.05, 4.69) is 5.32 Å². The third-order valence-corrected chi connectivity index (χ3v) is 3.53. The second-order valence-electron chi connectivity index (χ2n) is 4.90. The van der Waals surface area contributed by atoms with Gasteiger partial charge in [-0.3, -0.25) is 14.9 Å². The molecule has 0 aromatic heterocycles. The van der Waals surface area contributed by atoms with E-state index in [9.17, 15) is 14.9 Å². The lowest BCUT2D eigenvalue weighted by molar-refractivity contribution is -0.384. The molecule has 0 aliphatic heterocycles. The Morgan fingerprint density at radius 1 is 1.16 bits per heavy atom. The quantitative estimate of drug-likeness (QED) is 0.584. The molecule has 2 aromatic carbocycles. The van der Waals surface area contributed by atoms with E-state index >= 15 is 0 Å². The largest absolute Gasteiger partial charge is 0.494 e. The first-order valence-electron chi connectivity index (χ1n) is 7.61. The fourth-order valence-corrected chi connectivity index (χ4v) is 2.40. The summed E-state index contributed by atoms with van der Waals surface area (Å²) in [5, 5.41) is 13.4. The first-order chi connectivity index (χ1) is 12.0. The summed E-state index contributed by atoms with van der Waals surface area (Å²) >= 11 is 6.00. The second-order valence-corrected chi connectivity index (χ2v) is 5.31. The number of halogens is 1. The Morgan fingerprint density at radius 3 is 2.48 bits per heavy atom. The van der Waals surface area contributed by atoms with Gasteiger partial charge >= 0.3 is 0 Å². The average Bonchev–Trinajstić information content (AvgIpc) is 2.57. The monoisotopic (exact) mass is 364 g/mol. The molecule has 2 aromatic rings. The zero-order valence-electron chi connectivity index (χ0n) is 13.7. The summed E-state index contributed by atoms with van der Waals surface area (Å²) in [5.74, 6) is 0.558. The number of nitrogens with one attached hydrogen (secondary N) is 1. The number of anilines is 1. The van der Waals surface area contributed by atoms with Gasteiger partial charge in [-0.1, -0.05) is 11.6 Å². The third kappa shape index (κ3) is 4.60. The minimum Gasteiger partial charge on any atom is -0.494 e. The molecule has 0 atom stereocenters. The number of hydrogen-bond donors (Lipinski definition) is 1. The molecule has 0 radical (unpaired) electrons. The van der Waals surface area contributed by atoms with Gasteiger partial charge in [0.1, 0.15) is 11.5 Å². The van der Waals surface area contributed by atoms with Crippen molar-refractivity contribution in [1.29, 1.82) is 0 Å². The zero-order valence-corrected chi connectivity index (χ0v) is 14.5. The van der Waals surface area contributed by atoms with Crippen molar-refractivity contribution in [2.75, 3.05) is 18.5 Å². The Bertz CT molecular complexity index is 795. The molecular formula is C17H17ClN2O5. The molecule has 8 heteroatoms. The molecule has 132 valence electrons. The van der Waals surface area contributed by atoms with Crippen LogP contribution in [0.4, 0.5) is 11.4 Å².